The minimum atomic E-state index is -0.0224. The fraction of sp³-hybridized carbons (Fsp3) is 0.0625. The molecule has 0 saturated heterocycles. The predicted molar refractivity (Wildman–Crippen MR) is 70.7 cm³/mol. The number of hydrogen-bond acceptors (Lipinski definition) is 1. The average Bonchev–Trinajstić information content (AvgIpc) is 2.42. The second-order valence-corrected chi connectivity index (χ2v) is 4.28. The molecular formula is C16H10O2. The van der Waals surface area contributed by atoms with Gasteiger partial charge in [-0.25, -0.2) is 4.79 Å². The van der Waals surface area contributed by atoms with Crippen LogP contribution in [0.25, 0.3) is 21.5 Å². The zero-order chi connectivity index (χ0) is 12.7. The maximum absolute atomic E-state index is 11.9. The van der Waals surface area contributed by atoms with E-state index in [1.807, 2.05) is 24.1 Å². The maximum atomic E-state index is 11.9. The van der Waals surface area contributed by atoms with Crippen LogP contribution in [0.3, 0.4) is 0 Å². The third-order valence-electron chi connectivity index (χ3n) is 3.33. The minimum absolute atomic E-state index is 0.0224. The topological polar surface area (TPSA) is 37.0 Å². The van der Waals surface area contributed by atoms with Gasteiger partial charge in [0.15, 0.2) is 5.75 Å². The van der Waals surface area contributed by atoms with E-state index in [4.69, 9.17) is 0 Å². The van der Waals surface area contributed by atoms with Crippen LogP contribution >= 0.6 is 0 Å². The Morgan fingerprint density at radius 1 is 1.11 bits per heavy atom. The molecule has 3 aromatic carbocycles. The van der Waals surface area contributed by atoms with Gasteiger partial charge in [-0.3, -0.25) is 5.11 Å². The third-order valence-corrected chi connectivity index (χ3v) is 3.33. The maximum Gasteiger partial charge on any atom is 0.186 e. The number of benzene rings is 3. The van der Waals surface area contributed by atoms with Crippen molar-refractivity contribution in [3.63, 3.8) is 0 Å². The fourth-order valence-corrected chi connectivity index (χ4v) is 2.48. The SMILES string of the molecule is [CH2]Cc1cc2c([O])ccc3cccc(c1=C=O)c32. The fourth-order valence-electron chi connectivity index (χ4n) is 2.48. The Morgan fingerprint density at radius 2 is 1.94 bits per heavy atom. The highest BCUT2D eigenvalue weighted by atomic mass is 16.3. The van der Waals surface area contributed by atoms with Gasteiger partial charge in [0.1, 0.15) is 5.94 Å². The van der Waals surface area contributed by atoms with Crippen molar-refractivity contribution in [2.24, 2.45) is 0 Å². The molecule has 0 unspecified atom stereocenters. The van der Waals surface area contributed by atoms with Gasteiger partial charge in [-0.15, -0.1) is 0 Å². The minimum Gasteiger partial charge on any atom is -0.289 e. The van der Waals surface area contributed by atoms with E-state index in [0.717, 1.165) is 21.7 Å². The molecule has 18 heavy (non-hydrogen) atoms. The van der Waals surface area contributed by atoms with E-state index >= 15 is 0 Å². The zero-order valence-corrected chi connectivity index (χ0v) is 9.69. The number of rotatable bonds is 1. The van der Waals surface area contributed by atoms with Crippen molar-refractivity contribution in [2.75, 3.05) is 0 Å². The molecule has 2 nitrogen and oxygen atoms in total. The molecule has 86 valence electrons. The summed E-state index contributed by atoms with van der Waals surface area (Å²) in [5, 5.41) is 15.7. The lowest BCUT2D eigenvalue weighted by Crippen LogP contribution is -2.11. The summed E-state index contributed by atoms with van der Waals surface area (Å²) in [5.41, 5.74) is 0.772. The molecule has 2 radical (unpaired) electrons. The largest absolute Gasteiger partial charge is 0.289 e. The predicted octanol–water partition coefficient (Wildman–Crippen LogP) is 2.74. The highest BCUT2D eigenvalue weighted by Gasteiger charge is 2.11. The van der Waals surface area contributed by atoms with Gasteiger partial charge in [-0.2, -0.15) is 0 Å². The van der Waals surface area contributed by atoms with E-state index in [-0.39, 0.29) is 5.75 Å². The second-order valence-electron chi connectivity index (χ2n) is 4.28. The highest BCUT2D eigenvalue weighted by molar-refractivity contribution is 6.13. The summed E-state index contributed by atoms with van der Waals surface area (Å²) < 4.78 is 0. The summed E-state index contributed by atoms with van der Waals surface area (Å²) >= 11 is 0. The van der Waals surface area contributed by atoms with Crippen molar-refractivity contribution in [3.05, 3.63) is 54.1 Å². The van der Waals surface area contributed by atoms with Crippen LogP contribution in [-0.2, 0) is 16.3 Å². The molecule has 2 heteroatoms. The molecule has 0 aliphatic heterocycles. The van der Waals surface area contributed by atoms with Crippen LogP contribution in [0, 0.1) is 6.92 Å². The Bertz CT molecular complexity index is 827. The normalized spacial score (nSPS) is 10.9. The van der Waals surface area contributed by atoms with Crippen LogP contribution in [-0.4, -0.2) is 5.94 Å². The third kappa shape index (κ3) is 1.33. The molecule has 0 aromatic heterocycles. The molecule has 0 heterocycles. The van der Waals surface area contributed by atoms with Crippen LogP contribution in [0.1, 0.15) is 5.56 Å². The van der Waals surface area contributed by atoms with Crippen molar-refractivity contribution in [1.82, 2.24) is 0 Å². The summed E-state index contributed by atoms with van der Waals surface area (Å²) in [4.78, 5) is 11.2. The Balaban J connectivity index is 2.74. The van der Waals surface area contributed by atoms with Gasteiger partial charge in [-0.1, -0.05) is 24.3 Å². The lowest BCUT2D eigenvalue weighted by atomic mass is 9.95. The van der Waals surface area contributed by atoms with Crippen molar-refractivity contribution >= 4 is 27.5 Å². The van der Waals surface area contributed by atoms with Crippen molar-refractivity contribution in [3.8, 4) is 5.75 Å². The molecule has 0 atom stereocenters. The lowest BCUT2D eigenvalue weighted by molar-refractivity contribution is 0.360. The molecular weight excluding hydrogens is 224 g/mol. The second kappa shape index (κ2) is 3.86. The molecule has 0 spiro atoms. The van der Waals surface area contributed by atoms with Gasteiger partial charge in [0.05, 0.1) is 5.22 Å². The summed E-state index contributed by atoms with van der Waals surface area (Å²) in [6.07, 6.45) is 0.467. The van der Waals surface area contributed by atoms with E-state index in [1.54, 1.807) is 18.2 Å². The van der Waals surface area contributed by atoms with E-state index < -0.39 is 0 Å². The van der Waals surface area contributed by atoms with Gasteiger partial charge in [-0.05, 0) is 36.4 Å². The van der Waals surface area contributed by atoms with Crippen molar-refractivity contribution < 1.29 is 9.90 Å². The van der Waals surface area contributed by atoms with Gasteiger partial charge in [0.25, 0.3) is 0 Å². The van der Waals surface area contributed by atoms with Crippen LogP contribution in [0.15, 0.2) is 36.4 Å². The molecule has 0 N–H and O–H groups in total. The summed E-state index contributed by atoms with van der Waals surface area (Å²) in [6.45, 7) is 3.80. The quantitative estimate of drug-likeness (QED) is 0.637. The molecule has 0 amide bonds. The standard InChI is InChI=1S/C16H10O2/c1-2-10-8-13-15(18)7-6-11-4-3-5-12(16(11)13)14(10)9-17/h3-8H,1-2H2. The van der Waals surface area contributed by atoms with E-state index in [1.165, 1.54) is 0 Å². The summed E-state index contributed by atoms with van der Waals surface area (Å²) in [7, 11) is 0. The van der Waals surface area contributed by atoms with Crippen LogP contribution in [0.4, 0.5) is 0 Å². The van der Waals surface area contributed by atoms with E-state index in [9.17, 15) is 9.90 Å². The monoisotopic (exact) mass is 234 g/mol. The zero-order valence-electron chi connectivity index (χ0n) is 9.69. The molecule has 0 aliphatic rings. The molecule has 0 saturated carbocycles. The van der Waals surface area contributed by atoms with Crippen LogP contribution < -0.4 is 5.22 Å². The Morgan fingerprint density at radius 3 is 2.67 bits per heavy atom. The number of hydrogen-bond donors (Lipinski definition) is 0. The molecule has 3 rings (SSSR count). The smallest absolute Gasteiger partial charge is 0.186 e. The van der Waals surface area contributed by atoms with E-state index in [2.05, 4.69) is 6.92 Å². The Kier molecular flexibility index (Phi) is 2.32. The first-order valence-corrected chi connectivity index (χ1v) is 5.74. The molecule has 0 fully saturated rings. The average molecular weight is 234 g/mol. The van der Waals surface area contributed by atoms with Crippen molar-refractivity contribution in [2.45, 2.75) is 6.42 Å². The van der Waals surface area contributed by atoms with Gasteiger partial charge >= 0.3 is 0 Å². The molecule has 0 aliphatic carbocycles. The first-order valence-electron chi connectivity index (χ1n) is 5.74. The van der Waals surface area contributed by atoms with Gasteiger partial charge < -0.3 is 0 Å². The highest BCUT2D eigenvalue weighted by Crippen LogP contribution is 2.32. The first-order chi connectivity index (χ1) is 8.76. The number of carbonyl (C=O) groups excluding carboxylic acids is 1. The lowest BCUT2D eigenvalue weighted by Gasteiger charge is -2.08. The molecule has 0 bridgehead atoms. The summed E-state index contributed by atoms with van der Waals surface area (Å²) in [5.74, 6) is 1.96. The Labute approximate surface area is 104 Å². The molecule has 3 aromatic rings. The van der Waals surface area contributed by atoms with Crippen LogP contribution in [0.5, 0.6) is 5.75 Å². The summed E-state index contributed by atoms with van der Waals surface area (Å²) in [6, 6.07) is 10.8. The van der Waals surface area contributed by atoms with Gasteiger partial charge in [0.2, 0.25) is 0 Å². The van der Waals surface area contributed by atoms with E-state index in [0.29, 0.717) is 17.0 Å². The first kappa shape index (κ1) is 10.8. The van der Waals surface area contributed by atoms with Crippen LogP contribution in [0.2, 0.25) is 0 Å². The Hall–Kier alpha value is -2.31. The van der Waals surface area contributed by atoms with Gasteiger partial charge in [0, 0.05) is 16.2 Å². The van der Waals surface area contributed by atoms with Crippen molar-refractivity contribution in [1.29, 1.82) is 0 Å².